The minimum atomic E-state index is -0.331. The highest BCUT2D eigenvalue weighted by Gasteiger charge is 2.27. The number of aromatic nitrogens is 1. The average molecular weight is 393 g/mol. The van der Waals surface area contributed by atoms with Crippen molar-refractivity contribution in [3.8, 4) is 27.8 Å². The van der Waals surface area contributed by atoms with Gasteiger partial charge >= 0.3 is 0 Å². The molecule has 0 bridgehead atoms. The fourth-order valence-corrected chi connectivity index (χ4v) is 5.44. The number of aliphatic hydroxyl groups is 1. The Labute approximate surface area is 167 Å². The van der Waals surface area contributed by atoms with Gasteiger partial charge in [-0.1, -0.05) is 61.0 Å². The van der Waals surface area contributed by atoms with Gasteiger partial charge in [-0.15, -0.1) is 11.3 Å². The molecule has 0 spiro atoms. The summed E-state index contributed by atoms with van der Waals surface area (Å²) in [4.78, 5) is 5.93. The van der Waals surface area contributed by atoms with Gasteiger partial charge in [0.2, 0.25) is 0 Å². The van der Waals surface area contributed by atoms with Gasteiger partial charge in [-0.25, -0.2) is 4.98 Å². The average Bonchev–Trinajstić information content (AvgIpc) is 3.25. The SMILES string of the molecule is N#Cc1c(-c2ccccc2)cc(-c2cccs2)nc1S[C@@H]1CCCC[C@@H]1O. The summed E-state index contributed by atoms with van der Waals surface area (Å²) in [5, 5.41) is 23.2. The van der Waals surface area contributed by atoms with Gasteiger partial charge in [0.25, 0.3) is 0 Å². The van der Waals surface area contributed by atoms with Crippen molar-refractivity contribution in [3.63, 3.8) is 0 Å². The lowest BCUT2D eigenvalue weighted by Gasteiger charge is -2.27. The molecule has 2 atom stereocenters. The predicted molar refractivity (Wildman–Crippen MR) is 112 cm³/mol. The first-order valence-corrected chi connectivity index (χ1v) is 10.9. The Morgan fingerprint density at radius 3 is 2.63 bits per heavy atom. The van der Waals surface area contributed by atoms with E-state index in [0.717, 1.165) is 52.4 Å². The van der Waals surface area contributed by atoms with Crippen LogP contribution in [0.5, 0.6) is 0 Å². The fourth-order valence-electron chi connectivity index (χ4n) is 3.47. The number of thioether (sulfide) groups is 1. The van der Waals surface area contributed by atoms with Gasteiger partial charge in [0.1, 0.15) is 11.1 Å². The first-order valence-electron chi connectivity index (χ1n) is 9.15. The van der Waals surface area contributed by atoms with Gasteiger partial charge in [0.05, 0.1) is 22.2 Å². The van der Waals surface area contributed by atoms with Crippen molar-refractivity contribution in [2.75, 3.05) is 0 Å². The molecule has 1 N–H and O–H groups in total. The highest BCUT2D eigenvalue weighted by molar-refractivity contribution is 8.00. The van der Waals surface area contributed by atoms with Crippen LogP contribution in [0.25, 0.3) is 21.7 Å². The number of rotatable bonds is 4. The normalized spacial score (nSPS) is 19.6. The predicted octanol–water partition coefficient (Wildman–Crippen LogP) is 5.74. The van der Waals surface area contributed by atoms with E-state index in [0.29, 0.717) is 5.56 Å². The summed E-state index contributed by atoms with van der Waals surface area (Å²) in [6.07, 6.45) is 3.65. The highest BCUT2D eigenvalue weighted by atomic mass is 32.2. The molecule has 0 unspecified atom stereocenters. The molecule has 3 nitrogen and oxygen atoms in total. The van der Waals surface area contributed by atoms with Crippen LogP contribution < -0.4 is 0 Å². The van der Waals surface area contributed by atoms with Crippen molar-refractivity contribution < 1.29 is 5.11 Å². The van der Waals surface area contributed by atoms with Crippen molar-refractivity contribution >= 4 is 23.1 Å². The lowest BCUT2D eigenvalue weighted by Crippen LogP contribution is -2.27. The zero-order valence-corrected chi connectivity index (χ0v) is 16.5. The zero-order valence-electron chi connectivity index (χ0n) is 14.8. The Morgan fingerprint density at radius 1 is 1.11 bits per heavy atom. The smallest absolute Gasteiger partial charge is 0.116 e. The number of hydrogen-bond acceptors (Lipinski definition) is 5. The van der Waals surface area contributed by atoms with Crippen LogP contribution in [0, 0.1) is 11.3 Å². The molecule has 1 aliphatic rings. The molecule has 4 rings (SSSR count). The van der Waals surface area contributed by atoms with Crippen molar-refractivity contribution in [1.29, 1.82) is 5.26 Å². The molecular weight excluding hydrogens is 372 g/mol. The zero-order chi connectivity index (χ0) is 18.6. The first-order chi connectivity index (χ1) is 13.3. The van der Waals surface area contributed by atoms with Crippen LogP contribution in [0.3, 0.4) is 0 Å². The number of nitrogens with zero attached hydrogens (tertiary/aromatic N) is 2. The van der Waals surface area contributed by atoms with Gasteiger partial charge in [-0.3, -0.25) is 0 Å². The van der Waals surface area contributed by atoms with Gasteiger partial charge < -0.3 is 5.11 Å². The van der Waals surface area contributed by atoms with E-state index in [9.17, 15) is 10.4 Å². The summed E-state index contributed by atoms with van der Waals surface area (Å²) in [6.45, 7) is 0. The fraction of sp³-hybridized carbons (Fsp3) is 0.273. The summed E-state index contributed by atoms with van der Waals surface area (Å²) < 4.78 is 0. The van der Waals surface area contributed by atoms with Crippen LogP contribution in [0.1, 0.15) is 31.2 Å². The number of benzene rings is 1. The molecule has 0 aliphatic heterocycles. The van der Waals surface area contributed by atoms with Crippen LogP contribution in [-0.2, 0) is 0 Å². The lowest BCUT2D eigenvalue weighted by molar-refractivity contribution is 0.137. The van der Waals surface area contributed by atoms with E-state index < -0.39 is 0 Å². The van der Waals surface area contributed by atoms with E-state index in [1.165, 1.54) is 0 Å². The summed E-state index contributed by atoms with van der Waals surface area (Å²) in [6, 6.07) is 18.5. The second-order valence-electron chi connectivity index (χ2n) is 6.70. The Bertz CT molecular complexity index is 948. The third-order valence-corrected chi connectivity index (χ3v) is 7.15. The van der Waals surface area contributed by atoms with Crippen LogP contribution >= 0.6 is 23.1 Å². The Hall–Kier alpha value is -2.13. The second kappa shape index (κ2) is 8.26. The number of aliphatic hydroxyl groups excluding tert-OH is 1. The highest BCUT2D eigenvalue weighted by Crippen LogP contribution is 2.39. The van der Waals surface area contributed by atoms with E-state index in [2.05, 4.69) is 12.1 Å². The van der Waals surface area contributed by atoms with Gasteiger partial charge in [0.15, 0.2) is 0 Å². The molecule has 5 heteroatoms. The summed E-state index contributed by atoms with van der Waals surface area (Å²) in [5.74, 6) is 0. The van der Waals surface area contributed by atoms with Crippen LogP contribution in [0.15, 0.2) is 58.9 Å². The quantitative estimate of drug-likeness (QED) is 0.615. The maximum Gasteiger partial charge on any atom is 0.116 e. The van der Waals surface area contributed by atoms with Crippen LogP contribution in [0.2, 0.25) is 0 Å². The summed E-state index contributed by atoms with van der Waals surface area (Å²) in [7, 11) is 0. The van der Waals surface area contributed by atoms with E-state index in [1.54, 1.807) is 23.1 Å². The summed E-state index contributed by atoms with van der Waals surface area (Å²) >= 11 is 3.21. The molecule has 0 radical (unpaired) electrons. The number of nitriles is 1. The van der Waals surface area contributed by atoms with Gasteiger partial charge in [0, 0.05) is 10.8 Å². The molecule has 136 valence electrons. The maximum atomic E-state index is 10.4. The molecule has 1 aromatic carbocycles. The number of thiophene rings is 1. The van der Waals surface area contributed by atoms with E-state index in [1.807, 2.05) is 47.8 Å². The maximum absolute atomic E-state index is 10.4. The summed E-state index contributed by atoms with van der Waals surface area (Å²) in [5.41, 5.74) is 3.41. The molecule has 2 aromatic heterocycles. The Kier molecular flexibility index (Phi) is 5.58. The van der Waals surface area contributed by atoms with Gasteiger partial charge in [-0.05, 0) is 35.9 Å². The second-order valence-corrected chi connectivity index (χ2v) is 8.87. The minimum Gasteiger partial charge on any atom is -0.392 e. The molecule has 27 heavy (non-hydrogen) atoms. The molecule has 0 saturated heterocycles. The van der Waals surface area contributed by atoms with Crippen LogP contribution in [-0.4, -0.2) is 21.4 Å². The monoisotopic (exact) mass is 392 g/mol. The molecule has 0 amide bonds. The standard InChI is InChI=1S/C22H20N2OS2/c23-14-17-16(15-7-2-1-3-8-15)13-18(20-11-6-12-26-20)24-22(17)27-21-10-5-4-9-19(21)25/h1-3,6-8,11-13,19,21,25H,4-5,9-10H2/t19-,21+/m0/s1. The molecule has 1 fully saturated rings. The van der Waals surface area contributed by atoms with Crippen molar-refractivity contribution in [1.82, 2.24) is 4.98 Å². The van der Waals surface area contributed by atoms with Crippen molar-refractivity contribution in [3.05, 3.63) is 59.5 Å². The molecule has 1 aliphatic carbocycles. The number of hydrogen-bond donors (Lipinski definition) is 1. The third-order valence-electron chi connectivity index (χ3n) is 4.89. The molecule has 1 saturated carbocycles. The van der Waals surface area contributed by atoms with Crippen LogP contribution in [0.4, 0.5) is 0 Å². The van der Waals surface area contributed by atoms with Gasteiger partial charge in [-0.2, -0.15) is 5.26 Å². The number of pyridine rings is 1. The third kappa shape index (κ3) is 3.93. The molecular formula is C22H20N2OS2. The Morgan fingerprint density at radius 2 is 1.93 bits per heavy atom. The van der Waals surface area contributed by atoms with Crippen molar-refractivity contribution in [2.24, 2.45) is 0 Å². The van der Waals surface area contributed by atoms with E-state index >= 15 is 0 Å². The topological polar surface area (TPSA) is 56.9 Å². The first kappa shape index (κ1) is 18.2. The Balaban J connectivity index is 1.83. The van der Waals surface area contributed by atoms with Crippen molar-refractivity contribution in [2.45, 2.75) is 42.1 Å². The molecule has 3 aromatic rings. The van der Waals surface area contributed by atoms with E-state index in [4.69, 9.17) is 4.98 Å². The molecule has 2 heterocycles. The lowest BCUT2D eigenvalue weighted by atomic mass is 9.97. The largest absolute Gasteiger partial charge is 0.392 e. The van der Waals surface area contributed by atoms with E-state index in [-0.39, 0.29) is 11.4 Å². The minimum absolute atomic E-state index is 0.0977.